The first-order valence-corrected chi connectivity index (χ1v) is 7.45. The second-order valence-electron chi connectivity index (χ2n) is 5.96. The van der Waals surface area contributed by atoms with Gasteiger partial charge in [-0.2, -0.15) is 5.26 Å². The predicted molar refractivity (Wildman–Crippen MR) is 85.7 cm³/mol. The maximum atomic E-state index is 9.07. The topological polar surface area (TPSA) is 80.1 Å². The lowest BCUT2D eigenvalue weighted by atomic mass is 9.84. The van der Waals surface area contributed by atoms with Crippen LogP contribution in [0.25, 0.3) is 0 Å². The van der Waals surface area contributed by atoms with Crippen LogP contribution < -0.4 is 14.8 Å². The smallest absolute Gasteiger partial charge is 0.182 e. The van der Waals surface area contributed by atoms with Crippen molar-refractivity contribution < 1.29 is 9.47 Å². The Morgan fingerprint density at radius 1 is 1.17 bits per heavy atom. The quantitative estimate of drug-likeness (QED) is 0.934. The number of nitrogens with zero attached hydrogens (tertiary/aromatic N) is 3. The fraction of sp³-hybridized carbons (Fsp3) is 0.353. The van der Waals surface area contributed by atoms with Crippen molar-refractivity contribution >= 4 is 5.82 Å². The van der Waals surface area contributed by atoms with Crippen molar-refractivity contribution in [3.05, 3.63) is 41.9 Å². The summed E-state index contributed by atoms with van der Waals surface area (Å²) in [4.78, 5) is 8.18. The van der Waals surface area contributed by atoms with Crippen LogP contribution in [0.15, 0.2) is 30.6 Å². The largest absolute Gasteiger partial charge is 0.486 e. The molecule has 6 heteroatoms. The summed E-state index contributed by atoms with van der Waals surface area (Å²) < 4.78 is 11.2. The first-order valence-electron chi connectivity index (χ1n) is 7.45. The lowest BCUT2D eigenvalue weighted by Gasteiger charge is -2.28. The summed E-state index contributed by atoms with van der Waals surface area (Å²) in [7, 11) is 0. The SMILES string of the molecule is CC(C)(CNc1nccnc1C#N)c1ccc2c(c1)OCCO2. The standard InChI is InChI=1S/C17H18N4O2/c1-17(2,11-21-16-13(10-18)19-5-6-20-16)12-3-4-14-15(9-12)23-8-7-22-14/h3-6,9H,7-8,11H2,1-2H3,(H,20,21). The normalized spacial score (nSPS) is 13.3. The van der Waals surface area contributed by atoms with E-state index in [1.54, 1.807) is 6.20 Å². The van der Waals surface area contributed by atoms with E-state index in [4.69, 9.17) is 14.7 Å². The van der Waals surface area contributed by atoms with Crippen molar-refractivity contribution in [2.24, 2.45) is 0 Å². The zero-order valence-electron chi connectivity index (χ0n) is 13.2. The number of fused-ring (bicyclic) bond motifs is 1. The van der Waals surface area contributed by atoms with Crippen LogP contribution in [0.1, 0.15) is 25.1 Å². The van der Waals surface area contributed by atoms with Crippen molar-refractivity contribution in [3.63, 3.8) is 0 Å². The molecule has 2 heterocycles. The van der Waals surface area contributed by atoms with Crippen LogP contribution in [-0.2, 0) is 5.41 Å². The Morgan fingerprint density at radius 2 is 1.91 bits per heavy atom. The zero-order chi connectivity index (χ0) is 16.3. The second kappa shape index (κ2) is 6.13. The summed E-state index contributed by atoms with van der Waals surface area (Å²) in [6.45, 7) is 6.00. The molecule has 0 unspecified atom stereocenters. The van der Waals surface area contributed by atoms with E-state index < -0.39 is 0 Å². The van der Waals surface area contributed by atoms with E-state index in [1.807, 2.05) is 24.3 Å². The van der Waals surface area contributed by atoms with Crippen molar-refractivity contribution in [1.29, 1.82) is 5.26 Å². The summed E-state index contributed by atoms with van der Waals surface area (Å²) in [6, 6.07) is 8.03. The number of ether oxygens (including phenoxy) is 2. The molecule has 0 spiro atoms. The lowest BCUT2D eigenvalue weighted by Crippen LogP contribution is -2.28. The molecular formula is C17H18N4O2. The molecule has 0 atom stereocenters. The first-order chi connectivity index (χ1) is 11.1. The Morgan fingerprint density at radius 3 is 2.70 bits per heavy atom. The molecule has 1 aromatic carbocycles. The minimum absolute atomic E-state index is 0.180. The number of hydrogen-bond acceptors (Lipinski definition) is 6. The Labute approximate surface area is 135 Å². The molecule has 0 saturated heterocycles. The van der Waals surface area contributed by atoms with Crippen molar-refractivity contribution in [3.8, 4) is 17.6 Å². The Balaban J connectivity index is 1.78. The minimum atomic E-state index is -0.180. The molecule has 0 bridgehead atoms. The molecule has 3 rings (SSSR count). The summed E-state index contributed by atoms with van der Waals surface area (Å²) in [6.07, 6.45) is 3.08. The number of nitriles is 1. The molecule has 0 saturated carbocycles. The maximum Gasteiger partial charge on any atom is 0.182 e. The van der Waals surface area contributed by atoms with E-state index in [0.29, 0.717) is 31.3 Å². The molecule has 0 radical (unpaired) electrons. The monoisotopic (exact) mass is 310 g/mol. The van der Waals surface area contributed by atoms with Crippen LogP contribution in [-0.4, -0.2) is 29.7 Å². The summed E-state index contributed by atoms with van der Waals surface area (Å²) in [5, 5.41) is 12.3. The Bertz CT molecular complexity index is 752. The molecule has 0 amide bonds. The first kappa shape index (κ1) is 15.1. The highest BCUT2D eigenvalue weighted by atomic mass is 16.6. The van der Waals surface area contributed by atoms with E-state index in [2.05, 4.69) is 29.1 Å². The summed E-state index contributed by atoms with van der Waals surface area (Å²) in [5.74, 6) is 2.06. The number of aromatic nitrogens is 2. The van der Waals surface area contributed by atoms with Gasteiger partial charge in [0.05, 0.1) is 0 Å². The minimum Gasteiger partial charge on any atom is -0.486 e. The van der Waals surface area contributed by atoms with Gasteiger partial charge in [-0.1, -0.05) is 19.9 Å². The molecule has 1 N–H and O–H groups in total. The Kier molecular flexibility index (Phi) is 4.02. The predicted octanol–water partition coefficient (Wildman–Crippen LogP) is 2.51. The van der Waals surface area contributed by atoms with Gasteiger partial charge in [-0.15, -0.1) is 0 Å². The number of hydrogen-bond donors (Lipinski definition) is 1. The molecule has 1 aliphatic rings. The van der Waals surface area contributed by atoms with E-state index >= 15 is 0 Å². The average Bonchev–Trinajstić information content (AvgIpc) is 2.60. The summed E-state index contributed by atoms with van der Waals surface area (Å²) >= 11 is 0. The van der Waals surface area contributed by atoms with Gasteiger partial charge >= 0.3 is 0 Å². The van der Waals surface area contributed by atoms with Gasteiger partial charge in [0.25, 0.3) is 0 Å². The van der Waals surface area contributed by atoms with Gasteiger partial charge in [0, 0.05) is 24.4 Å². The van der Waals surface area contributed by atoms with Crippen LogP contribution in [0.4, 0.5) is 5.82 Å². The third-order valence-electron chi connectivity index (χ3n) is 3.83. The molecule has 1 aliphatic heterocycles. The van der Waals surface area contributed by atoms with E-state index in [9.17, 15) is 0 Å². The van der Waals surface area contributed by atoms with Crippen molar-refractivity contribution in [2.45, 2.75) is 19.3 Å². The lowest BCUT2D eigenvalue weighted by molar-refractivity contribution is 0.171. The molecular weight excluding hydrogens is 292 g/mol. The second-order valence-corrected chi connectivity index (χ2v) is 5.96. The van der Waals surface area contributed by atoms with Gasteiger partial charge in [-0.3, -0.25) is 0 Å². The van der Waals surface area contributed by atoms with Gasteiger partial charge in [0.15, 0.2) is 23.0 Å². The van der Waals surface area contributed by atoms with Crippen LogP contribution in [0.2, 0.25) is 0 Å². The van der Waals surface area contributed by atoms with E-state index in [1.165, 1.54) is 6.20 Å². The van der Waals surface area contributed by atoms with Gasteiger partial charge in [0.1, 0.15) is 19.3 Å². The van der Waals surface area contributed by atoms with Gasteiger partial charge in [0.2, 0.25) is 0 Å². The highest BCUT2D eigenvalue weighted by Gasteiger charge is 2.24. The third kappa shape index (κ3) is 3.19. The number of anilines is 1. The highest BCUT2D eigenvalue weighted by Crippen LogP contribution is 2.35. The molecule has 2 aromatic rings. The fourth-order valence-electron chi connectivity index (χ4n) is 2.42. The summed E-state index contributed by atoms with van der Waals surface area (Å²) in [5.41, 5.74) is 1.24. The molecule has 1 aromatic heterocycles. The van der Waals surface area contributed by atoms with Crippen molar-refractivity contribution in [2.75, 3.05) is 25.1 Å². The molecule has 23 heavy (non-hydrogen) atoms. The van der Waals surface area contributed by atoms with E-state index in [-0.39, 0.29) is 5.41 Å². The maximum absolute atomic E-state index is 9.07. The highest BCUT2D eigenvalue weighted by molar-refractivity contribution is 5.49. The van der Waals surface area contributed by atoms with Crippen LogP contribution in [0.5, 0.6) is 11.5 Å². The molecule has 118 valence electrons. The van der Waals surface area contributed by atoms with Gasteiger partial charge in [-0.05, 0) is 17.7 Å². The van der Waals surface area contributed by atoms with Crippen molar-refractivity contribution in [1.82, 2.24) is 9.97 Å². The van der Waals surface area contributed by atoms with Gasteiger partial charge < -0.3 is 14.8 Å². The number of benzene rings is 1. The van der Waals surface area contributed by atoms with Crippen LogP contribution >= 0.6 is 0 Å². The Hall–Kier alpha value is -2.81. The average molecular weight is 310 g/mol. The number of rotatable bonds is 4. The fourth-order valence-corrected chi connectivity index (χ4v) is 2.42. The molecule has 6 nitrogen and oxygen atoms in total. The van der Waals surface area contributed by atoms with Crippen LogP contribution in [0.3, 0.4) is 0 Å². The third-order valence-corrected chi connectivity index (χ3v) is 3.83. The zero-order valence-corrected chi connectivity index (χ0v) is 13.2. The molecule has 0 aliphatic carbocycles. The van der Waals surface area contributed by atoms with E-state index in [0.717, 1.165) is 17.1 Å². The molecule has 0 fully saturated rings. The van der Waals surface area contributed by atoms with Crippen LogP contribution in [0, 0.1) is 11.3 Å². The van der Waals surface area contributed by atoms with Gasteiger partial charge in [-0.25, -0.2) is 9.97 Å². The number of nitrogens with one attached hydrogen (secondary N) is 1.